The highest BCUT2D eigenvalue weighted by molar-refractivity contribution is 7.25. The molecule has 1 heterocycles. The van der Waals surface area contributed by atoms with E-state index in [1.165, 1.54) is 75.5 Å². The molecule has 2 heteroatoms. The molecule has 0 N–H and O–H groups in total. The smallest absolute Gasteiger partial charge is 0.0546 e. The molecule has 66 heavy (non-hydrogen) atoms. The Bertz CT molecular complexity index is 3680. The first-order valence-electron chi connectivity index (χ1n) is 22.6. The van der Waals surface area contributed by atoms with Crippen LogP contribution in [0.25, 0.3) is 97.7 Å². The number of rotatable bonds is 9. The minimum Gasteiger partial charge on any atom is -0.310 e. The molecular weight excluding hydrogens is 815 g/mol. The van der Waals surface area contributed by atoms with Gasteiger partial charge in [-0.2, -0.15) is 0 Å². The van der Waals surface area contributed by atoms with Gasteiger partial charge in [-0.15, -0.1) is 11.3 Å². The Morgan fingerprint density at radius 1 is 0.242 bits per heavy atom. The standard InChI is InChI=1S/C64H43NS/c1-4-16-46(17-5-1)57-36-31-52(41-60(57)48-20-8-3-9-21-48)45-29-34-55(35-30-45)65(56-24-14-23-50(40-56)53-33-38-64-61(42-53)59-25-12-13-26-63(59)66-64)62-43-54(32-37-58(62)47-18-6-2-7-19-47)51-28-27-44-15-10-11-22-49(44)39-51/h1-43H. The summed E-state index contributed by atoms with van der Waals surface area (Å²) in [5.41, 5.74) is 17.5. The SMILES string of the molecule is c1ccc(-c2ccc(-c3ccc(N(c4cccc(-c5ccc6sc7ccccc7c6c5)c4)c4cc(-c5ccc6ccccc6c5)ccc4-c4ccccc4)cc3)cc2-c2ccccc2)cc1. The van der Waals surface area contributed by atoms with Gasteiger partial charge in [0.2, 0.25) is 0 Å². The molecule has 0 saturated carbocycles. The molecule has 310 valence electrons. The topological polar surface area (TPSA) is 3.24 Å². The fourth-order valence-electron chi connectivity index (χ4n) is 9.54. The van der Waals surface area contributed by atoms with Crippen molar-refractivity contribution in [3.05, 3.63) is 261 Å². The van der Waals surface area contributed by atoms with Gasteiger partial charge in [-0.05, 0) is 133 Å². The molecule has 0 aliphatic rings. The molecule has 0 saturated heterocycles. The minimum absolute atomic E-state index is 1.08. The summed E-state index contributed by atoms with van der Waals surface area (Å²) in [7, 11) is 0. The van der Waals surface area contributed by atoms with Crippen LogP contribution >= 0.6 is 11.3 Å². The van der Waals surface area contributed by atoms with Gasteiger partial charge in [-0.3, -0.25) is 0 Å². The predicted molar refractivity (Wildman–Crippen MR) is 284 cm³/mol. The third-order valence-electron chi connectivity index (χ3n) is 12.9. The largest absolute Gasteiger partial charge is 0.310 e. The lowest BCUT2D eigenvalue weighted by atomic mass is 9.91. The summed E-state index contributed by atoms with van der Waals surface area (Å²) in [4.78, 5) is 2.45. The number of hydrogen-bond acceptors (Lipinski definition) is 2. The lowest BCUT2D eigenvalue weighted by Crippen LogP contribution is -2.11. The lowest BCUT2D eigenvalue weighted by molar-refractivity contribution is 1.28. The van der Waals surface area contributed by atoms with E-state index in [-0.39, 0.29) is 0 Å². The molecule has 0 aliphatic heterocycles. The van der Waals surface area contributed by atoms with Crippen molar-refractivity contribution in [2.24, 2.45) is 0 Å². The molecule has 11 aromatic carbocycles. The van der Waals surface area contributed by atoms with E-state index in [2.05, 4.69) is 266 Å². The second-order valence-electron chi connectivity index (χ2n) is 16.9. The Morgan fingerprint density at radius 2 is 0.758 bits per heavy atom. The van der Waals surface area contributed by atoms with Gasteiger partial charge in [0.05, 0.1) is 5.69 Å². The van der Waals surface area contributed by atoms with E-state index in [0.29, 0.717) is 0 Å². The summed E-state index contributed by atoms with van der Waals surface area (Å²) in [5, 5.41) is 5.07. The number of hydrogen-bond donors (Lipinski definition) is 0. The van der Waals surface area contributed by atoms with E-state index in [0.717, 1.165) is 39.3 Å². The van der Waals surface area contributed by atoms with Gasteiger partial charge in [0.1, 0.15) is 0 Å². The van der Waals surface area contributed by atoms with Crippen LogP contribution in [0, 0.1) is 0 Å². The summed E-state index contributed by atoms with van der Waals surface area (Å²) in [6.07, 6.45) is 0. The third kappa shape index (κ3) is 7.44. The molecule has 0 fully saturated rings. The maximum atomic E-state index is 2.45. The molecule has 12 aromatic rings. The predicted octanol–water partition coefficient (Wildman–Crippen LogP) is 18.7. The van der Waals surface area contributed by atoms with Gasteiger partial charge in [-0.1, -0.05) is 200 Å². The van der Waals surface area contributed by atoms with Crippen LogP contribution in [0.3, 0.4) is 0 Å². The first-order chi connectivity index (χ1) is 32.7. The number of fused-ring (bicyclic) bond motifs is 4. The molecule has 0 unspecified atom stereocenters. The number of anilines is 3. The summed E-state index contributed by atoms with van der Waals surface area (Å²) >= 11 is 1.86. The summed E-state index contributed by atoms with van der Waals surface area (Å²) in [5.74, 6) is 0. The molecule has 0 radical (unpaired) electrons. The molecule has 1 nitrogen and oxygen atoms in total. The van der Waals surface area contributed by atoms with Crippen LogP contribution in [0.1, 0.15) is 0 Å². The zero-order chi connectivity index (χ0) is 43.8. The van der Waals surface area contributed by atoms with Crippen molar-refractivity contribution in [3.8, 4) is 66.8 Å². The van der Waals surface area contributed by atoms with Crippen molar-refractivity contribution >= 4 is 59.3 Å². The van der Waals surface area contributed by atoms with Gasteiger partial charge in [0.25, 0.3) is 0 Å². The van der Waals surface area contributed by atoms with Crippen LogP contribution in [0.4, 0.5) is 17.1 Å². The van der Waals surface area contributed by atoms with Crippen LogP contribution in [-0.2, 0) is 0 Å². The quantitative estimate of drug-likeness (QED) is 0.140. The van der Waals surface area contributed by atoms with Crippen LogP contribution in [0.5, 0.6) is 0 Å². The molecule has 0 amide bonds. The van der Waals surface area contributed by atoms with E-state index in [1.54, 1.807) is 0 Å². The number of nitrogens with zero attached hydrogens (tertiary/aromatic N) is 1. The molecule has 1 aromatic heterocycles. The molecule has 0 aliphatic carbocycles. The number of thiophene rings is 1. The average Bonchev–Trinajstić information content (AvgIpc) is 3.78. The molecule has 0 spiro atoms. The van der Waals surface area contributed by atoms with Gasteiger partial charge in [-0.25, -0.2) is 0 Å². The third-order valence-corrected chi connectivity index (χ3v) is 14.0. The van der Waals surface area contributed by atoms with E-state index >= 15 is 0 Å². The Balaban J connectivity index is 1.03. The van der Waals surface area contributed by atoms with Gasteiger partial charge in [0.15, 0.2) is 0 Å². The van der Waals surface area contributed by atoms with Crippen molar-refractivity contribution in [3.63, 3.8) is 0 Å². The van der Waals surface area contributed by atoms with Crippen LogP contribution in [-0.4, -0.2) is 0 Å². The Morgan fingerprint density at radius 3 is 1.52 bits per heavy atom. The van der Waals surface area contributed by atoms with Crippen LogP contribution in [0.2, 0.25) is 0 Å². The molecule has 0 atom stereocenters. The highest BCUT2D eigenvalue weighted by Crippen LogP contribution is 2.45. The summed E-state index contributed by atoms with van der Waals surface area (Å²) in [6.45, 7) is 0. The average molecular weight is 858 g/mol. The maximum absolute atomic E-state index is 2.45. The van der Waals surface area contributed by atoms with Crippen LogP contribution in [0.15, 0.2) is 261 Å². The van der Waals surface area contributed by atoms with E-state index < -0.39 is 0 Å². The Labute approximate surface area is 389 Å². The first kappa shape index (κ1) is 39.3. The van der Waals surface area contributed by atoms with Gasteiger partial charge in [0, 0.05) is 37.1 Å². The minimum atomic E-state index is 1.08. The molecular formula is C64H43NS. The fourth-order valence-corrected chi connectivity index (χ4v) is 10.6. The van der Waals surface area contributed by atoms with Crippen molar-refractivity contribution in [2.75, 3.05) is 4.90 Å². The highest BCUT2D eigenvalue weighted by Gasteiger charge is 2.20. The Kier molecular flexibility index (Phi) is 10.1. The normalized spacial score (nSPS) is 11.3. The van der Waals surface area contributed by atoms with Gasteiger partial charge < -0.3 is 4.90 Å². The molecule has 0 bridgehead atoms. The number of benzene rings is 11. The van der Waals surface area contributed by atoms with E-state index in [4.69, 9.17) is 0 Å². The fraction of sp³-hybridized carbons (Fsp3) is 0. The van der Waals surface area contributed by atoms with Crippen molar-refractivity contribution in [2.45, 2.75) is 0 Å². The maximum Gasteiger partial charge on any atom is 0.0546 e. The zero-order valence-electron chi connectivity index (χ0n) is 36.2. The summed E-state index contributed by atoms with van der Waals surface area (Å²) < 4.78 is 2.62. The first-order valence-corrected chi connectivity index (χ1v) is 23.4. The molecule has 12 rings (SSSR count). The van der Waals surface area contributed by atoms with Crippen molar-refractivity contribution in [1.29, 1.82) is 0 Å². The Hall–Kier alpha value is -8.30. The zero-order valence-corrected chi connectivity index (χ0v) is 37.0. The second kappa shape index (κ2) is 17.0. The van der Waals surface area contributed by atoms with Crippen molar-refractivity contribution in [1.82, 2.24) is 0 Å². The highest BCUT2D eigenvalue weighted by atomic mass is 32.1. The van der Waals surface area contributed by atoms with Gasteiger partial charge >= 0.3 is 0 Å². The lowest BCUT2D eigenvalue weighted by Gasteiger charge is -2.29. The van der Waals surface area contributed by atoms with Crippen LogP contribution < -0.4 is 4.90 Å². The monoisotopic (exact) mass is 857 g/mol. The van der Waals surface area contributed by atoms with E-state index in [1.807, 2.05) is 11.3 Å². The second-order valence-corrected chi connectivity index (χ2v) is 18.0. The summed E-state index contributed by atoms with van der Waals surface area (Å²) in [6, 6.07) is 95.3. The van der Waals surface area contributed by atoms with E-state index in [9.17, 15) is 0 Å². The van der Waals surface area contributed by atoms with Crippen molar-refractivity contribution < 1.29 is 0 Å².